The Balaban J connectivity index is 2.19. The summed E-state index contributed by atoms with van der Waals surface area (Å²) >= 11 is 3.52. The van der Waals surface area contributed by atoms with Crippen LogP contribution in [-0.4, -0.2) is 6.54 Å². The summed E-state index contributed by atoms with van der Waals surface area (Å²) in [4.78, 5) is 0. The minimum absolute atomic E-state index is 0.180. The van der Waals surface area contributed by atoms with Crippen molar-refractivity contribution in [2.45, 2.75) is 26.3 Å². The lowest BCUT2D eigenvalue weighted by atomic mass is 9.89. The van der Waals surface area contributed by atoms with Crippen molar-refractivity contribution in [3.63, 3.8) is 0 Å². The van der Waals surface area contributed by atoms with E-state index in [0.29, 0.717) is 5.92 Å². The minimum atomic E-state index is -0.180. The Bertz CT molecular complexity index is 571. The number of rotatable bonds is 6. The number of hydrogen-bond acceptors (Lipinski definition) is 1. The number of nitrogens with one attached hydrogen (secondary N) is 1. The van der Waals surface area contributed by atoms with Crippen molar-refractivity contribution in [1.82, 2.24) is 5.32 Å². The van der Waals surface area contributed by atoms with Gasteiger partial charge in [-0.2, -0.15) is 0 Å². The van der Waals surface area contributed by atoms with Crippen LogP contribution in [0.15, 0.2) is 53.0 Å². The SMILES string of the molecule is CCNC(c1ccccc1)C(C)Cc1cc(F)ccc1Br. The summed E-state index contributed by atoms with van der Waals surface area (Å²) in [7, 11) is 0. The first-order valence-electron chi connectivity index (χ1n) is 7.34. The van der Waals surface area contributed by atoms with Crippen molar-refractivity contribution in [2.75, 3.05) is 6.54 Å². The zero-order chi connectivity index (χ0) is 15.2. The molecule has 2 aromatic carbocycles. The van der Waals surface area contributed by atoms with Crippen molar-refractivity contribution < 1.29 is 4.39 Å². The van der Waals surface area contributed by atoms with E-state index in [4.69, 9.17) is 0 Å². The molecule has 0 saturated heterocycles. The summed E-state index contributed by atoms with van der Waals surface area (Å²) in [5, 5.41) is 3.54. The maximum absolute atomic E-state index is 13.4. The van der Waals surface area contributed by atoms with Gasteiger partial charge in [0.1, 0.15) is 5.82 Å². The average Bonchev–Trinajstić information content (AvgIpc) is 2.49. The molecular weight excluding hydrogens is 329 g/mol. The second-order valence-electron chi connectivity index (χ2n) is 5.36. The van der Waals surface area contributed by atoms with E-state index in [0.717, 1.165) is 23.0 Å². The summed E-state index contributed by atoms with van der Waals surface area (Å²) in [6.45, 7) is 5.23. The van der Waals surface area contributed by atoms with Gasteiger partial charge in [0.25, 0.3) is 0 Å². The topological polar surface area (TPSA) is 12.0 Å². The second-order valence-corrected chi connectivity index (χ2v) is 6.22. The Hall–Kier alpha value is -1.19. The largest absolute Gasteiger partial charge is 0.310 e. The predicted molar refractivity (Wildman–Crippen MR) is 89.8 cm³/mol. The zero-order valence-corrected chi connectivity index (χ0v) is 14.0. The fourth-order valence-electron chi connectivity index (χ4n) is 2.69. The molecule has 112 valence electrons. The molecule has 0 aromatic heterocycles. The monoisotopic (exact) mass is 349 g/mol. The molecule has 21 heavy (non-hydrogen) atoms. The van der Waals surface area contributed by atoms with Crippen LogP contribution in [0.3, 0.4) is 0 Å². The molecule has 0 bridgehead atoms. The van der Waals surface area contributed by atoms with E-state index in [2.05, 4.69) is 59.4 Å². The summed E-state index contributed by atoms with van der Waals surface area (Å²) in [6.07, 6.45) is 0.824. The van der Waals surface area contributed by atoms with Gasteiger partial charge in [-0.25, -0.2) is 4.39 Å². The van der Waals surface area contributed by atoms with Crippen molar-refractivity contribution in [3.05, 3.63) is 69.9 Å². The highest BCUT2D eigenvalue weighted by Gasteiger charge is 2.19. The molecule has 2 unspecified atom stereocenters. The Morgan fingerprint density at radius 1 is 1.14 bits per heavy atom. The third-order valence-electron chi connectivity index (χ3n) is 3.70. The molecule has 2 atom stereocenters. The molecule has 1 nitrogen and oxygen atoms in total. The van der Waals surface area contributed by atoms with Crippen molar-refractivity contribution in [2.24, 2.45) is 5.92 Å². The molecule has 0 amide bonds. The number of benzene rings is 2. The molecule has 2 rings (SSSR count). The van der Waals surface area contributed by atoms with Crippen LogP contribution in [-0.2, 0) is 6.42 Å². The van der Waals surface area contributed by atoms with Crippen molar-refractivity contribution >= 4 is 15.9 Å². The first kappa shape index (κ1) is 16.2. The molecule has 0 aliphatic heterocycles. The fourth-order valence-corrected chi connectivity index (χ4v) is 3.10. The van der Waals surface area contributed by atoms with E-state index < -0.39 is 0 Å². The van der Waals surface area contributed by atoms with E-state index in [1.165, 1.54) is 11.6 Å². The Labute approximate surface area is 134 Å². The van der Waals surface area contributed by atoms with E-state index in [-0.39, 0.29) is 11.9 Å². The first-order valence-corrected chi connectivity index (χ1v) is 8.13. The molecule has 0 saturated carbocycles. The number of halogens is 2. The van der Waals surface area contributed by atoms with Gasteiger partial charge in [-0.1, -0.05) is 60.1 Å². The highest BCUT2D eigenvalue weighted by Crippen LogP contribution is 2.28. The van der Waals surface area contributed by atoms with Crippen LogP contribution in [0.25, 0.3) is 0 Å². The van der Waals surface area contributed by atoms with E-state index >= 15 is 0 Å². The van der Waals surface area contributed by atoms with Gasteiger partial charge in [-0.15, -0.1) is 0 Å². The van der Waals surface area contributed by atoms with Gasteiger partial charge in [-0.3, -0.25) is 0 Å². The Kier molecular flexibility index (Phi) is 5.95. The lowest BCUT2D eigenvalue weighted by Crippen LogP contribution is -2.28. The third kappa shape index (κ3) is 4.39. The third-order valence-corrected chi connectivity index (χ3v) is 4.48. The van der Waals surface area contributed by atoms with Crippen LogP contribution >= 0.6 is 15.9 Å². The van der Waals surface area contributed by atoms with Crippen molar-refractivity contribution in [3.8, 4) is 0 Å². The molecule has 3 heteroatoms. The second kappa shape index (κ2) is 7.71. The van der Waals surface area contributed by atoms with E-state index in [1.54, 1.807) is 12.1 Å². The lowest BCUT2D eigenvalue weighted by Gasteiger charge is -2.26. The van der Waals surface area contributed by atoms with Gasteiger partial charge >= 0.3 is 0 Å². The van der Waals surface area contributed by atoms with Gasteiger partial charge in [-0.05, 0) is 48.2 Å². The molecule has 2 aromatic rings. The number of hydrogen-bond donors (Lipinski definition) is 1. The summed E-state index contributed by atoms with van der Waals surface area (Å²) < 4.78 is 14.4. The highest BCUT2D eigenvalue weighted by molar-refractivity contribution is 9.10. The zero-order valence-electron chi connectivity index (χ0n) is 12.4. The van der Waals surface area contributed by atoms with Gasteiger partial charge in [0.15, 0.2) is 0 Å². The van der Waals surface area contributed by atoms with Gasteiger partial charge < -0.3 is 5.32 Å². The summed E-state index contributed by atoms with van der Waals surface area (Å²) in [5.74, 6) is 0.186. The fraction of sp³-hybridized carbons (Fsp3) is 0.333. The molecule has 0 aliphatic rings. The molecular formula is C18H21BrFN. The first-order chi connectivity index (χ1) is 10.1. The van der Waals surface area contributed by atoms with Gasteiger partial charge in [0.05, 0.1) is 0 Å². The van der Waals surface area contributed by atoms with Crippen LogP contribution in [0, 0.1) is 11.7 Å². The van der Waals surface area contributed by atoms with E-state index in [1.807, 2.05) is 6.07 Å². The average molecular weight is 350 g/mol. The van der Waals surface area contributed by atoms with Crippen LogP contribution in [0.1, 0.15) is 31.0 Å². The molecule has 0 radical (unpaired) electrons. The highest BCUT2D eigenvalue weighted by atomic mass is 79.9. The molecule has 0 spiro atoms. The minimum Gasteiger partial charge on any atom is -0.310 e. The normalized spacial score (nSPS) is 13.9. The van der Waals surface area contributed by atoms with Crippen molar-refractivity contribution in [1.29, 1.82) is 0 Å². The van der Waals surface area contributed by atoms with Crippen LogP contribution in [0.2, 0.25) is 0 Å². The molecule has 1 N–H and O–H groups in total. The van der Waals surface area contributed by atoms with Crippen LogP contribution < -0.4 is 5.32 Å². The van der Waals surface area contributed by atoms with Crippen LogP contribution in [0.5, 0.6) is 0 Å². The molecule has 0 heterocycles. The quantitative estimate of drug-likeness (QED) is 0.763. The van der Waals surface area contributed by atoms with Crippen LogP contribution in [0.4, 0.5) is 4.39 Å². The predicted octanol–water partition coefficient (Wildman–Crippen LogP) is 5.12. The molecule has 0 aliphatic carbocycles. The Morgan fingerprint density at radius 3 is 2.52 bits per heavy atom. The molecule has 0 fully saturated rings. The smallest absolute Gasteiger partial charge is 0.123 e. The van der Waals surface area contributed by atoms with E-state index in [9.17, 15) is 4.39 Å². The maximum Gasteiger partial charge on any atom is 0.123 e. The van der Waals surface area contributed by atoms with Gasteiger partial charge in [0.2, 0.25) is 0 Å². The summed E-state index contributed by atoms with van der Waals surface area (Å²) in [6, 6.07) is 15.6. The lowest BCUT2D eigenvalue weighted by molar-refractivity contribution is 0.390. The Morgan fingerprint density at radius 2 is 1.86 bits per heavy atom. The summed E-state index contributed by atoms with van der Waals surface area (Å²) in [5.41, 5.74) is 2.29. The maximum atomic E-state index is 13.4. The standard InChI is InChI=1S/C18H21BrFN/c1-3-21-18(14-7-5-4-6-8-14)13(2)11-15-12-16(20)9-10-17(15)19/h4-10,12-13,18,21H,3,11H2,1-2H3. The van der Waals surface area contributed by atoms with Gasteiger partial charge in [0, 0.05) is 10.5 Å².